The summed E-state index contributed by atoms with van der Waals surface area (Å²) in [6, 6.07) is 5.06. The highest BCUT2D eigenvalue weighted by Crippen LogP contribution is 2.21. The van der Waals surface area contributed by atoms with Crippen molar-refractivity contribution in [3.8, 4) is 0 Å². The summed E-state index contributed by atoms with van der Waals surface area (Å²) in [5.41, 5.74) is 13.1. The summed E-state index contributed by atoms with van der Waals surface area (Å²) in [5, 5.41) is 3.21. The van der Waals surface area contributed by atoms with Gasteiger partial charge in [-0.15, -0.1) is 0 Å². The summed E-state index contributed by atoms with van der Waals surface area (Å²) in [4.78, 5) is 11.2. The molecule has 0 aliphatic carbocycles. The van der Waals surface area contributed by atoms with Gasteiger partial charge in [0.15, 0.2) is 0 Å². The largest absolute Gasteiger partial charge is 0.399 e. The zero-order valence-electron chi connectivity index (χ0n) is 10.7. The van der Waals surface area contributed by atoms with Gasteiger partial charge in [-0.05, 0) is 30.0 Å². The number of primary amides is 1. The number of amides is 1. The third kappa shape index (κ3) is 4.34. The molecule has 1 amide bonds. The van der Waals surface area contributed by atoms with Crippen molar-refractivity contribution in [1.29, 1.82) is 0 Å². The van der Waals surface area contributed by atoms with E-state index in [1.165, 1.54) is 0 Å². The zero-order valence-corrected chi connectivity index (χ0v) is 10.7. The van der Waals surface area contributed by atoms with Gasteiger partial charge in [0.1, 0.15) is 0 Å². The number of anilines is 2. The molecule has 0 saturated heterocycles. The molecule has 0 bridgehead atoms. The molecule has 0 aromatic heterocycles. The van der Waals surface area contributed by atoms with E-state index in [0.29, 0.717) is 16.9 Å². The van der Waals surface area contributed by atoms with Crippen molar-refractivity contribution in [3.63, 3.8) is 0 Å². The molecule has 4 nitrogen and oxygen atoms in total. The van der Waals surface area contributed by atoms with E-state index in [0.717, 1.165) is 13.0 Å². The SMILES string of the molecule is CC(C)(C)CCNc1cc(N)ccc1C(N)=O. The fourth-order valence-corrected chi connectivity index (χ4v) is 1.50. The second-order valence-corrected chi connectivity index (χ2v) is 5.41. The van der Waals surface area contributed by atoms with Crippen LogP contribution < -0.4 is 16.8 Å². The Morgan fingerprint density at radius 2 is 2.00 bits per heavy atom. The van der Waals surface area contributed by atoms with Crippen LogP contribution in [0.3, 0.4) is 0 Å². The number of nitrogen functional groups attached to an aromatic ring is 1. The highest BCUT2D eigenvalue weighted by atomic mass is 16.1. The average Bonchev–Trinajstić information content (AvgIpc) is 2.15. The van der Waals surface area contributed by atoms with Crippen LogP contribution in [0.5, 0.6) is 0 Å². The van der Waals surface area contributed by atoms with Crippen molar-refractivity contribution < 1.29 is 4.79 Å². The Morgan fingerprint density at radius 1 is 1.35 bits per heavy atom. The maximum Gasteiger partial charge on any atom is 0.250 e. The number of benzene rings is 1. The van der Waals surface area contributed by atoms with E-state index < -0.39 is 5.91 Å². The summed E-state index contributed by atoms with van der Waals surface area (Å²) in [6.07, 6.45) is 1.00. The third-order valence-corrected chi connectivity index (χ3v) is 2.50. The van der Waals surface area contributed by atoms with Gasteiger partial charge in [-0.1, -0.05) is 20.8 Å². The number of nitrogens with two attached hydrogens (primary N) is 2. The van der Waals surface area contributed by atoms with Crippen LogP contribution in [-0.4, -0.2) is 12.5 Å². The molecule has 0 unspecified atom stereocenters. The molecule has 0 aliphatic rings. The Kier molecular flexibility index (Phi) is 3.99. The maximum absolute atomic E-state index is 11.2. The van der Waals surface area contributed by atoms with Crippen LogP contribution in [0.25, 0.3) is 0 Å². The zero-order chi connectivity index (χ0) is 13.1. The number of hydrogen-bond donors (Lipinski definition) is 3. The molecule has 0 heterocycles. The Hall–Kier alpha value is -1.71. The number of carbonyl (C=O) groups is 1. The van der Waals surface area contributed by atoms with Gasteiger partial charge in [0.25, 0.3) is 5.91 Å². The monoisotopic (exact) mass is 235 g/mol. The topological polar surface area (TPSA) is 81.1 Å². The summed E-state index contributed by atoms with van der Waals surface area (Å²) < 4.78 is 0. The first-order valence-electron chi connectivity index (χ1n) is 5.73. The van der Waals surface area contributed by atoms with Crippen LogP contribution >= 0.6 is 0 Å². The summed E-state index contributed by atoms with van der Waals surface area (Å²) in [7, 11) is 0. The van der Waals surface area contributed by atoms with Crippen LogP contribution in [-0.2, 0) is 0 Å². The smallest absolute Gasteiger partial charge is 0.250 e. The van der Waals surface area contributed by atoms with Crippen molar-refractivity contribution in [2.75, 3.05) is 17.6 Å². The molecule has 1 rings (SSSR count). The van der Waals surface area contributed by atoms with Gasteiger partial charge in [-0.2, -0.15) is 0 Å². The van der Waals surface area contributed by atoms with Crippen molar-refractivity contribution in [2.24, 2.45) is 11.1 Å². The van der Waals surface area contributed by atoms with Gasteiger partial charge >= 0.3 is 0 Å². The normalized spacial score (nSPS) is 11.2. The van der Waals surface area contributed by atoms with Crippen LogP contribution in [0.2, 0.25) is 0 Å². The molecule has 0 fully saturated rings. The first-order valence-corrected chi connectivity index (χ1v) is 5.73. The first-order chi connectivity index (χ1) is 7.79. The van der Waals surface area contributed by atoms with Gasteiger partial charge in [-0.25, -0.2) is 0 Å². The highest BCUT2D eigenvalue weighted by Gasteiger charge is 2.11. The van der Waals surface area contributed by atoms with Crippen LogP contribution in [0, 0.1) is 5.41 Å². The van der Waals surface area contributed by atoms with Crippen molar-refractivity contribution in [3.05, 3.63) is 23.8 Å². The minimum absolute atomic E-state index is 0.250. The lowest BCUT2D eigenvalue weighted by atomic mass is 9.92. The van der Waals surface area contributed by atoms with Gasteiger partial charge in [0.05, 0.1) is 5.56 Å². The lowest BCUT2D eigenvalue weighted by molar-refractivity contribution is 0.100. The summed E-state index contributed by atoms with van der Waals surface area (Å²) in [6.45, 7) is 7.29. The number of hydrogen-bond acceptors (Lipinski definition) is 3. The Balaban J connectivity index is 2.75. The van der Waals surface area contributed by atoms with Crippen LogP contribution in [0.15, 0.2) is 18.2 Å². The minimum atomic E-state index is -0.441. The lowest BCUT2D eigenvalue weighted by Gasteiger charge is -2.19. The van der Waals surface area contributed by atoms with Crippen molar-refractivity contribution in [2.45, 2.75) is 27.2 Å². The fraction of sp³-hybridized carbons (Fsp3) is 0.462. The number of nitrogens with one attached hydrogen (secondary N) is 1. The lowest BCUT2D eigenvalue weighted by Crippen LogP contribution is -2.17. The molecule has 1 aromatic rings. The Labute approximate surface area is 102 Å². The summed E-state index contributed by atoms with van der Waals surface area (Å²) in [5.74, 6) is -0.441. The molecule has 0 aliphatic heterocycles. The van der Waals surface area contributed by atoms with Crippen LogP contribution in [0.1, 0.15) is 37.6 Å². The van der Waals surface area contributed by atoms with Crippen LogP contribution in [0.4, 0.5) is 11.4 Å². The van der Waals surface area contributed by atoms with Gasteiger partial charge in [-0.3, -0.25) is 4.79 Å². The predicted molar refractivity (Wildman–Crippen MR) is 71.9 cm³/mol. The summed E-state index contributed by atoms with van der Waals surface area (Å²) >= 11 is 0. The molecule has 0 saturated carbocycles. The quantitative estimate of drug-likeness (QED) is 0.700. The van der Waals surface area contributed by atoms with Crippen molar-refractivity contribution >= 4 is 17.3 Å². The molecule has 4 heteroatoms. The van der Waals surface area contributed by atoms with E-state index in [1.54, 1.807) is 18.2 Å². The van der Waals surface area contributed by atoms with E-state index in [4.69, 9.17) is 11.5 Å². The number of rotatable bonds is 4. The van der Waals surface area contributed by atoms with E-state index in [9.17, 15) is 4.79 Å². The second kappa shape index (κ2) is 5.08. The minimum Gasteiger partial charge on any atom is -0.399 e. The van der Waals surface area contributed by atoms with E-state index in [2.05, 4.69) is 26.1 Å². The molecule has 17 heavy (non-hydrogen) atoms. The average molecular weight is 235 g/mol. The Bertz CT molecular complexity index is 408. The second-order valence-electron chi connectivity index (χ2n) is 5.41. The fourth-order valence-electron chi connectivity index (χ4n) is 1.50. The number of carbonyl (C=O) groups excluding carboxylic acids is 1. The molecule has 94 valence electrons. The molecule has 0 spiro atoms. The van der Waals surface area contributed by atoms with E-state index in [1.807, 2.05) is 0 Å². The third-order valence-electron chi connectivity index (χ3n) is 2.50. The highest BCUT2D eigenvalue weighted by molar-refractivity contribution is 5.99. The molecule has 1 aromatic carbocycles. The van der Waals surface area contributed by atoms with Crippen molar-refractivity contribution in [1.82, 2.24) is 0 Å². The predicted octanol–water partition coefficient (Wildman–Crippen LogP) is 2.22. The first kappa shape index (κ1) is 13.4. The molecular weight excluding hydrogens is 214 g/mol. The molecule has 0 radical (unpaired) electrons. The Morgan fingerprint density at radius 3 is 2.53 bits per heavy atom. The standard InChI is InChI=1S/C13H21N3O/c1-13(2,3)6-7-16-11-8-9(14)4-5-10(11)12(15)17/h4-5,8,16H,6-7,14H2,1-3H3,(H2,15,17). The van der Waals surface area contributed by atoms with E-state index >= 15 is 0 Å². The van der Waals surface area contributed by atoms with Gasteiger partial charge in [0, 0.05) is 17.9 Å². The molecular formula is C13H21N3O. The van der Waals surface area contributed by atoms with Gasteiger partial charge in [0.2, 0.25) is 0 Å². The van der Waals surface area contributed by atoms with E-state index in [-0.39, 0.29) is 5.41 Å². The van der Waals surface area contributed by atoms with Gasteiger partial charge < -0.3 is 16.8 Å². The molecule has 0 atom stereocenters. The maximum atomic E-state index is 11.2. The molecule has 5 N–H and O–H groups in total.